The highest BCUT2D eigenvalue weighted by atomic mass is 35.5. The van der Waals surface area contributed by atoms with E-state index in [2.05, 4.69) is 20.6 Å². The lowest BCUT2D eigenvalue weighted by Crippen LogP contribution is -2.47. The quantitative estimate of drug-likeness (QED) is 0.00810. The number of amides is 2. The molecule has 4 aromatic carbocycles. The lowest BCUT2D eigenvalue weighted by atomic mass is 10.1. The number of guanidine groups is 2. The van der Waals surface area contributed by atoms with Gasteiger partial charge in [0.05, 0.1) is 79.5 Å². The zero-order chi connectivity index (χ0) is 68.3. The van der Waals surface area contributed by atoms with Gasteiger partial charge in [0.15, 0.2) is 25.6 Å². The summed E-state index contributed by atoms with van der Waals surface area (Å²) in [5.74, 6) is -0.493. The summed E-state index contributed by atoms with van der Waals surface area (Å²) in [4.78, 5) is 37.0. The summed E-state index contributed by atoms with van der Waals surface area (Å²) in [6.45, 7) is 9.60. The summed E-state index contributed by atoms with van der Waals surface area (Å²) >= 11 is 9.53. The van der Waals surface area contributed by atoms with Gasteiger partial charge in [-0.15, -0.1) is 23.2 Å². The van der Waals surface area contributed by atoms with Gasteiger partial charge in [0.2, 0.25) is 5.96 Å². The number of alkyl halides is 2. The van der Waals surface area contributed by atoms with Crippen LogP contribution in [0, 0.1) is 0 Å². The summed E-state index contributed by atoms with van der Waals surface area (Å²) in [7, 11) is -7.75. The Labute approximate surface area is 547 Å². The summed E-state index contributed by atoms with van der Waals surface area (Å²) in [5.41, 5.74) is 10.9. The van der Waals surface area contributed by atoms with Crippen LogP contribution >= 0.6 is 38.8 Å². The lowest BCUT2D eigenvalue weighted by Gasteiger charge is -2.22. The predicted octanol–water partition coefficient (Wildman–Crippen LogP) is 10.7. The number of phosphoric ester groups is 2. The van der Waals surface area contributed by atoms with Crippen LogP contribution in [0.25, 0.3) is 21.5 Å². The first-order chi connectivity index (χ1) is 42.8. The van der Waals surface area contributed by atoms with Crippen molar-refractivity contribution in [3.63, 3.8) is 0 Å². The second-order valence-corrected chi connectivity index (χ2v) is 30.8. The zero-order valence-corrected chi connectivity index (χ0v) is 59.0. The van der Waals surface area contributed by atoms with Crippen molar-refractivity contribution in [2.75, 3.05) is 121 Å². The van der Waals surface area contributed by atoms with Crippen molar-refractivity contribution >= 4 is 116 Å². The average molecular weight is 1400 g/mol. The number of benzene rings is 4. The molecular formula is C59H96Cl2N8O18P2S2. The predicted molar refractivity (Wildman–Crippen MR) is 360 cm³/mol. The largest absolute Gasteiger partial charge is 0.474 e. The van der Waals surface area contributed by atoms with Gasteiger partial charge >= 0.3 is 27.8 Å². The molecule has 4 rings (SSSR count). The van der Waals surface area contributed by atoms with Crippen LogP contribution in [0.15, 0.2) is 92.6 Å². The number of aliphatic imine (C=N–C) groups is 2. The third-order valence-electron chi connectivity index (χ3n) is 12.1. The Kier molecular flexibility index (Phi) is 37.7. The molecule has 0 spiro atoms. The average Bonchev–Trinajstić information content (AvgIpc) is 1.13. The first-order valence-electron chi connectivity index (χ1n) is 29.6. The number of alkyl carbamates (subject to hydrolysis) is 2. The first kappa shape index (κ1) is 82.2. The van der Waals surface area contributed by atoms with E-state index >= 15 is 0 Å². The molecule has 32 heteroatoms. The van der Waals surface area contributed by atoms with E-state index in [-0.39, 0.29) is 104 Å². The SMILES string of the molecule is CN(C)c1cccc2c(S(=O)(=O)CCCOP(=O)(OCCO)OCCCCCCN=C(N)N)cccc12.CN(C)c1cccc2c(S(=O)(=O)CCCOP(=O)(OCCO)OCCCCCCN=C(NC(=O)OC(C)(C)C)NC(=O)OC(C)(C)C)cccc12.ClCCl. The van der Waals surface area contributed by atoms with Gasteiger partial charge in [-0.1, -0.05) is 74.2 Å². The normalized spacial score (nSPS) is 13.1. The van der Waals surface area contributed by atoms with Crippen molar-refractivity contribution in [2.45, 2.75) is 127 Å². The Morgan fingerprint density at radius 2 is 0.824 bits per heavy atom. The first-order valence-corrected chi connectivity index (χ1v) is 36.9. The number of hydrogen-bond donors (Lipinski definition) is 6. The number of nitrogens with zero attached hydrogens (tertiary/aromatic N) is 4. The Balaban J connectivity index is 0.000000621. The molecule has 0 bridgehead atoms. The maximum absolute atomic E-state index is 13.3. The van der Waals surface area contributed by atoms with Gasteiger partial charge in [0.25, 0.3) is 0 Å². The van der Waals surface area contributed by atoms with Crippen LogP contribution in [-0.2, 0) is 65.4 Å². The molecule has 2 atom stereocenters. The van der Waals surface area contributed by atoms with E-state index in [1.807, 2.05) is 74.4 Å². The van der Waals surface area contributed by atoms with E-state index in [1.54, 1.807) is 77.9 Å². The number of phosphoric acid groups is 2. The monoisotopic (exact) mass is 1400 g/mol. The molecular weight excluding hydrogens is 1310 g/mol. The standard InChI is InChI=1S/C34H55N4O11PS.C24H39N4O7PS.CH2Cl2/c1-33(2,3)48-31(40)36-30(37-32(41)49-34(4,5)6)35-20-11-9-10-12-22-45-50(42,47-24-21-39)46-23-15-25-51(43,44)29-19-14-16-26-27(29)17-13-18-28(26)38(7)8;1-28(2)22-12-7-11-21-20(22)10-8-13-23(21)37(31,32)19-9-17-34-36(30,35-18-15-29)33-16-6-4-3-5-14-27-24(25)26;2-1-3/h13-14,16-19,39H,9-12,15,20-25H2,1-8H3,(H2,35,36,37,40,41);7-8,10-13,29H,3-6,9,14-19H2,1-2H3,(H4,25,26,27);1H2. The molecule has 0 aliphatic heterocycles. The number of halogens is 2. The number of rotatable bonds is 36. The molecule has 91 heavy (non-hydrogen) atoms. The van der Waals surface area contributed by atoms with Crippen molar-refractivity contribution in [1.82, 2.24) is 10.6 Å². The number of aliphatic hydroxyl groups excluding tert-OH is 2. The number of nitrogens with two attached hydrogens (primary N) is 2. The lowest BCUT2D eigenvalue weighted by molar-refractivity contribution is 0.0543. The smallest absolute Gasteiger partial charge is 0.444 e. The van der Waals surface area contributed by atoms with Gasteiger partial charge in [0, 0.05) is 74.2 Å². The number of hydrogen-bond acceptors (Lipinski definition) is 22. The van der Waals surface area contributed by atoms with Crippen LogP contribution in [0.3, 0.4) is 0 Å². The molecule has 8 N–H and O–H groups in total. The Morgan fingerprint density at radius 1 is 0.505 bits per heavy atom. The second-order valence-electron chi connectivity index (χ2n) is 22.5. The molecule has 516 valence electrons. The fourth-order valence-corrected chi connectivity index (χ4v) is 13.8. The van der Waals surface area contributed by atoms with Crippen molar-refractivity contribution < 1.29 is 82.4 Å². The second kappa shape index (κ2) is 41.7. The molecule has 26 nitrogen and oxygen atoms in total. The van der Waals surface area contributed by atoms with E-state index in [1.165, 1.54) is 0 Å². The number of fused-ring (bicyclic) bond motifs is 2. The Bertz CT molecular complexity index is 3210. The van der Waals surface area contributed by atoms with Gasteiger partial charge in [-0.2, -0.15) is 0 Å². The van der Waals surface area contributed by atoms with Crippen LogP contribution in [0.1, 0.15) is 106 Å². The Morgan fingerprint density at radius 3 is 1.16 bits per heavy atom. The number of anilines is 2. The van der Waals surface area contributed by atoms with Crippen molar-refractivity contribution in [3.05, 3.63) is 72.8 Å². The molecule has 0 radical (unpaired) electrons. The maximum Gasteiger partial charge on any atom is 0.474 e. The number of carbonyl (C=O) groups is 2. The van der Waals surface area contributed by atoms with E-state index < -0.39 is 65.3 Å². The number of nitrogens with one attached hydrogen (secondary N) is 2. The van der Waals surface area contributed by atoms with E-state index in [4.69, 9.17) is 76.4 Å². The molecule has 2 unspecified atom stereocenters. The molecule has 4 aromatic rings. The van der Waals surface area contributed by atoms with Crippen molar-refractivity contribution in [1.29, 1.82) is 0 Å². The minimum absolute atomic E-state index is 0.0279. The highest BCUT2D eigenvalue weighted by Gasteiger charge is 2.29. The van der Waals surface area contributed by atoms with E-state index in [0.717, 1.165) is 41.4 Å². The molecule has 0 fully saturated rings. The highest BCUT2D eigenvalue weighted by Crippen LogP contribution is 2.50. The summed E-state index contributed by atoms with van der Waals surface area (Å²) < 4.78 is 121. The van der Waals surface area contributed by atoms with Gasteiger partial charge in [-0.3, -0.25) is 47.8 Å². The fraction of sp³-hybridized carbons (Fsp3) is 0.593. The van der Waals surface area contributed by atoms with Crippen molar-refractivity contribution in [2.24, 2.45) is 21.5 Å². The molecule has 0 aliphatic rings. The zero-order valence-electron chi connectivity index (χ0n) is 54.0. The third kappa shape index (κ3) is 33.2. The summed E-state index contributed by atoms with van der Waals surface area (Å²) in [6.07, 6.45) is 4.08. The third-order valence-corrected chi connectivity index (χ3v) is 18.8. The minimum Gasteiger partial charge on any atom is -0.444 e. The molecule has 0 heterocycles. The highest BCUT2D eigenvalue weighted by molar-refractivity contribution is 7.92. The molecule has 0 aromatic heterocycles. The molecule has 2 amide bonds. The van der Waals surface area contributed by atoms with Crippen molar-refractivity contribution in [3.8, 4) is 0 Å². The summed E-state index contributed by atoms with van der Waals surface area (Å²) in [5, 5.41) is 26.2. The van der Waals surface area contributed by atoms with Gasteiger partial charge in [-0.25, -0.2) is 35.6 Å². The van der Waals surface area contributed by atoms with Crippen LogP contribution in [0.5, 0.6) is 0 Å². The van der Waals surface area contributed by atoms with Gasteiger partial charge in [0.1, 0.15) is 11.2 Å². The minimum atomic E-state index is -4.07. The Hall–Kier alpha value is -4.90. The van der Waals surface area contributed by atoms with Crippen LogP contribution in [-0.4, -0.2) is 173 Å². The number of sulfone groups is 2. The van der Waals surface area contributed by atoms with Gasteiger partial charge in [-0.05, 0) is 104 Å². The summed E-state index contributed by atoms with van der Waals surface area (Å²) in [6, 6.07) is 21.4. The van der Waals surface area contributed by atoms with Crippen LogP contribution < -0.4 is 31.9 Å². The van der Waals surface area contributed by atoms with E-state index in [0.29, 0.717) is 49.4 Å². The van der Waals surface area contributed by atoms with E-state index in [9.17, 15) is 40.7 Å². The fourth-order valence-electron chi connectivity index (χ4n) is 8.25. The molecule has 0 aliphatic carbocycles. The number of aliphatic hydroxyl groups is 2. The maximum atomic E-state index is 13.3. The molecule has 0 saturated carbocycles. The van der Waals surface area contributed by atoms with Crippen LogP contribution in [0.2, 0.25) is 0 Å². The topological polar surface area (TPSA) is 358 Å². The number of carbonyl (C=O) groups excluding carboxylic acids is 2. The molecule has 0 saturated heterocycles. The number of unbranched alkanes of at least 4 members (excludes halogenated alkanes) is 6. The number of ether oxygens (including phenoxy) is 2. The van der Waals surface area contributed by atoms with Crippen LogP contribution in [0.4, 0.5) is 21.0 Å². The van der Waals surface area contributed by atoms with Gasteiger partial charge < -0.3 is 41.0 Å².